The van der Waals surface area contributed by atoms with Crippen LogP contribution in [0.5, 0.6) is 0 Å². The van der Waals surface area contributed by atoms with Gasteiger partial charge in [0.05, 0.1) is 6.61 Å². The Labute approximate surface area is 115 Å². The molecule has 18 heavy (non-hydrogen) atoms. The lowest BCUT2D eigenvalue weighted by Crippen LogP contribution is -2.33. The zero-order valence-electron chi connectivity index (χ0n) is 10.9. The molecule has 1 N–H and O–H groups in total. The number of unbranched alkanes of at least 4 members (excludes halogenated alkanes) is 1. The van der Waals surface area contributed by atoms with E-state index in [0.29, 0.717) is 6.54 Å². The molecule has 1 amide bonds. The minimum absolute atomic E-state index is 0. The van der Waals surface area contributed by atoms with Gasteiger partial charge in [0.1, 0.15) is 0 Å². The molecule has 0 aliphatic carbocycles. The van der Waals surface area contributed by atoms with Gasteiger partial charge in [-0.25, -0.2) is 4.79 Å². The van der Waals surface area contributed by atoms with Crippen molar-refractivity contribution in [2.75, 3.05) is 32.8 Å². The highest BCUT2D eigenvalue weighted by Crippen LogP contribution is 2.07. The number of nitrogens with one attached hydrogen (secondary N) is 1. The van der Waals surface area contributed by atoms with Crippen LogP contribution in [-0.4, -0.2) is 49.6 Å². The first-order valence-corrected chi connectivity index (χ1v) is 6.41. The van der Waals surface area contributed by atoms with Crippen LogP contribution in [-0.2, 0) is 14.3 Å². The maximum atomic E-state index is 11.2. The molecule has 1 rings (SSSR count). The van der Waals surface area contributed by atoms with E-state index in [4.69, 9.17) is 0 Å². The number of carbonyl (C=O) groups excluding carboxylic acids is 2. The first-order valence-electron chi connectivity index (χ1n) is 6.41. The second-order valence-electron chi connectivity index (χ2n) is 4.23. The van der Waals surface area contributed by atoms with Crippen molar-refractivity contribution in [2.45, 2.75) is 32.6 Å². The SMILES string of the molecule is CCOC(=O)C(=O)NCCCCN1CCCC1.Cl. The van der Waals surface area contributed by atoms with Crippen LogP contribution in [0.25, 0.3) is 0 Å². The third kappa shape index (κ3) is 6.81. The molecule has 0 bridgehead atoms. The van der Waals surface area contributed by atoms with Crippen LogP contribution in [0.4, 0.5) is 0 Å². The zero-order chi connectivity index (χ0) is 12.5. The van der Waals surface area contributed by atoms with E-state index in [1.54, 1.807) is 6.92 Å². The average molecular weight is 279 g/mol. The van der Waals surface area contributed by atoms with Crippen molar-refractivity contribution in [1.29, 1.82) is 0 Å². The quantitative estimate of drug-likeness (QED) is 0.447. The fourth-order valence-electron chi connectivity index (χ4n) is 1.94. The number of ether oxygens (including phenoxy) is 1. The Balaban J connectivity index is 0.00000289. The van der Waals surface area contributed by atoms with Crippen LogP contribution in [0.15, 0.2) is 0 Å². The summed E-state index contributed by atoms with van der Waals surface area (Å²) in [6.07, 6.45) is 4.57. The Morgan fingerprint density at radius 3 is 2.50 bits per heavy atom. The highest BCUT2D eigenvalue weighted by molar-refractivity contribution is 6.32. The van der Waals surface area contributed by atoms with Crippen LogP contribution in [0.1, 0.15) is 32.6 Å². The number of halogens is 1. The minimum Gasteiger partial charge on any atom is -0.459 e. The summed E-state index contributed by atoms with van der Waals surface area (Å²) < 4.78 is 4.58. The monoisotopic (exact) mass is 278 g/mol. The van der Waals surface area contributed by atoms with Crippen molar-refractivity contribution in [1.82, 2.24) is 10.2 Å². The largest absolute Gasteiger partial charge is 0.459 e. The van der Waals surface area contributed by atoms with E-state index in [2.05, 4.69) is 15.0 Å². The van der Waals surface area contributed by atoms with Crippen LogP contribution in [0.3, 0.4) is 0 Å². The zero-order valence-corrected chi connectivity index (χ0v) is 11.8. The molecule has 6 heteroatoms. The fourth-order valence-corrected chi connectivity index (χ4v) is 1.94. The third-order valence-corrected chi connectivity index (χ3v) is 2.85. The molecule has 1 aliphatic heterocycles. The summed E-state index contributed by atoms with van der Waals surface area (Å²) in [4.78, 5) is 24.6. The lowest BCUT2D eigenvalue weighted by molar-refractivity contribution is -0.154. The number of esters is 1. The van der Waals surface area contributed by atoms with Crippen molar-refractivity contribution in [3.8, 4) is 0 Å². The van der Waals surface area contributed by atoms with Gasteiger partial charge in [0.25, 0.3) is 0 Å². The molecular weight excluding hydrogens is 256 g/mol. The van der Waals surface area contributed by atoms with E-state index in [1.165, 1.54) is 25.9 Å². The van der Waals surface area contributed by atoms with Gasteiger partial charge >= 0.3 is 11.9 Å². The fraction of sp³-hybridized carbons (Fsp3) is 0.833. The van der Waals surface area contributed by atoms with Gasteiger partial charge in [0.2, 0.25) is 0 Å². The van der Waals surface area contributed by atoms with E-state index in [1.807, 2.05) is 0 Å². The summed E-state index contributed by atoms with van der Waals surface area (Å²) in [6, 6.07) is 0. The van der Waals surface area contributed by atoms with Gasteiger partial charge in [-0.1, -0.05) is 0 Å². The standard InChI is InChI=1S/C12H22N2O3.ClH/c1-2-17-12(16)11(15)13-7-3-4-8-14-9-5-6-10-14;/h2-10H2,1H3,(H,13,15);1H. The average Bonchev–Trinajstić information content (AvgIpc) is 2.81. The van der Waals surface area contributed by atoms with Crippen LogP contribution < -0.4 is 5.32 Å². The van der Waals surface area contributed by atoms with Gasteiger partial charge in [-0.05, 0) is 52.2 Å². The summed E-state index contributed by atoms with van der Waals surface area (Å²) >= 11 is 0. The van der Waals surface area contributed by atoms with Crippen LogP contribution >= 0.6 is 12.4 Å². The van der Waals surface area contributed by atoms with E-state index < -0.39 is 11.9 Å². The summed E-state index contributed by atoms with van der Waals surface area (Å²) in [5.74, 6) is -1.42. The van der Waals surface area contributed by atoms with Gasteiger partial charge in [-0.15, -0.1) is 12.4 Å². The predicted octanol–water partition coefficient (Wildman–Crippen LogP) is 0.963. The maximum absolute atomic E-state index is 11.2. The number of carbonyl (C=O) groups is 2. The molecule has 0 unspecified atom stereocenters. The van der Waals surface area contributed by atoms with Gasteiger partial charge in [0, 0.05) is 6.54 Å². The molecule has 106 valence electrons. The lowest BCUT2D eigenvalue weighted by atomic mass is 10.3. The molecule has 5 nitrogen and oxygen atoms in total. The van der Waals surface area contributed by atoms with Crippen molar-refractivity contribution >= 4 is 24.3 Å². The normalized spacial score (nSPS) is 14.9. The molecule has 1 aliphatic rings. The molecular formula is C12H23ClN2O3. The summed E-state index contributed by atoms with van der Waals surface area (Å²) in [5.41, 5.74) is 0. The Kier molecular flexibility index (Phi) is 9.69. The van der Waals surface area contributed by atoms with Gasteiger partial charge < -0.3 is 15.0 Å². The molecule has 0 saturated carbocycles. The Morgan fingerprint density at radius 1 is 1.22 bits per heavy atom. The van der Waals surface area contributed by atoms with E-state index >= 15 is 0 Å². The Morgan fingerprint density at radius 2 is 1.89 bits per heavy atom. The lowest BCUT2D eigenvalue weighted by Gasteiger charge is -2.13. The van der Waals surface area contributed by atoms with Crippen molar-refractivity contribution < 1.29 is 14.3 Å². The van der Waals surface area contributed by atoms with E-state index in [-0.39, 0.29) is 19.0 Å². The molecule has 1 saturated heterocycles. The second kappa shape index (κ2) is 10.1. The summed E-state index contributed by atoms with van der Waals surface area (Å²) in [7, 11) is 0. The highest BCUT2D eigenvalue weighted by Gasteiger charge is 2.13. The first kappa shape index (κ1) is 17.2. The number of likely N-dealkylation sites (tertiary alicyclic amines) is 1. The number of hydrogen-bond donors (Lipinski definition) is 1. The molecule has 0 aromatic heterocycles. The van der Waals surface area contributed by atoms with E-state index in [0.717, 1.165) is 19.4 Å². The minimum atomic E-state index is -0.785. The molecule has 0 aromatic carbocycles. The Hall–Kier alpha value is -0.810. The van der Waals surface area contributed by atoms with Gasteiger partial charge in [0.15, 0.2) is 0 Å². The predicted molar refractivity (Wildman–Crippen MR) is 71.8 cm³/mol. The first-order chi connectivity index (χ1) is 8.24. The number of nitrogens with zero attached hydrogens (tertiary/aromatic N) is 1. The summed E-state index contributed by atoms with van der Waals surface area (Å²) in [5, 5.41) is 2.56. The topological polar surface area (TPSA) is 58.6 Å². The van der Waals surface area contributed by atoms with Crippen molar-refractivity contribution in [3.63, 3.8) is 0 Å². The van der Waals surface area contributed by atoms with Crippen molar-refractivity contribution in [3.05, 3.63) is 0 Å². The van der Waals surface area contributed by atoms with Crippen LogP contribution in [0, 0.1) is 0 Å². The highest BCUT2D eigenvalue weighted by atomic mass is 35.5. The second-order valence-corrected chi connectivity index (χ2v) is 4.23. The molecule has 0 radical (unpaired) electrons. The molecule has 1 heterocycles. The van der Waals surface area contributed by atoms with Crippen molar-refractivity contribution in [2.24, 2.45) is 0 Å². The number of rotatable bonds is 6. The maximum Gasteiger partial charge on any atom is 0.396 e. The van der Waals surface area contributed by atoms with E-state index in [9.17, 15) is 9.59 Å². The third-order valence-electron chi connectivity index (χ3n) is 2.85. The molecule has 0 atom stereocenters. The number of hydrogen-bond acceptors (Lipinski definition) is 4. The summed E-state index contributed by atoms with van der Waals surface area (Å²) in [6.45, 7) is 5.97. The molecule has 1 fully saturated rings. The smallest absolute Gasteiger partial charge is 0.396 e. The van der Waals surface area contributed by atoms with Crippen LogP contribution in [0.2, 0.25) is 0 Å². The Bertz CT molecular complexity index is 256. The van der Waals surface area contributed by atoms with Gasteiger partial charge in [-0.3, -0.25) is 4.79 Å². The molecule has 0 aromatic rings. The molecule has 0 spiro atoms. The number of amides is 1. The van der Waals surface area contributed by atoms with Gasteiger partial charge in [-0.2, -0.15) is 0 Å².